The van der Waals surface area contributed by atoms with E-state index in [2.05, 4.69) is 21.9 Å². The highest BCUT2D eigenvalue weighted by molar-refractivity contribution is 7.91. The van der Waals surface area contributed by atoms with Gasteiger partial charge in [0.05, 0.1) is 6.54 Å². The minimum atomic E-state index is -3.45. The van der Waals surface area contributed by atoms with Crippen LogP contribution in [0.2, 0.25) is 0 Å². The van der Waals surface area contributed by atoms with Crippen LogP contribution < -0.4 is 10.0 Å². The highest BCUT2D eigenvalue weighted by Gasteiger charge is 2.17. The van der Waals surface area contributed by atoms with Crippen LogP contribution in [0.3, 0.4) is 0 Å². The highest BCUT2D eigenvalue weighted by atomic mass is 32.2. The second kappa shape index (κ2) is 7.46. The maximum atomic E-state index is 12.2. The molecule has 8 heteroatoms. The molecule has 0 aliphatic carbocycles. The summed E-state index contributed by atoms with van der Waals surface area (Å²) in [6.07, 6.45) is 2.81. The molecule has 0 aliphatic heterocycles. The van der Waals surface area contributed by atoms with Crippen LogP contribution >= 0.6 is 22.7 Å². The number of hydrogen-bond acceptors (Lipinski definition) is 6. The van der Waals surface area contributed by atoms with Gasteiger partial charge < -0.3 is 5.32 Å². The smallest absolute Gasteiger partial charge is 0.250 e. The molecule has 116 valence electrons. The molecule has 5 nitrogen and oxygen atoms in total. The van der Waals surface area contributed by atoms with Gasteiger partial charge in [-0.25, -0.2) is 18.1 Å². The molecule has 0 aromatic carbocycles. The summed E-state index contributed by atoms with van der Waals surface area (Å²) in [6, 6.07) is 3.51. The first-order chi connectivity index (χ1) is 10.0. The molecule has 0 spiro atoms. The number of thiazole rings is 1. The molecule has 0 amide bonds. The van der Waals surface area contributed by atoms with Crippen LogP contribution in [0.4, 0.5) is 0 Å². The predicted octanol–water partition coefficient (Wildman–Crippen LogP) is 2.49. The summed E-state index contributed by atoms with van der Waals surface area (Å²) < 4.78 is 27.4. The average Bonchev–Trinajstić information content (AvgIpc) is 3.06. The Bertz CT molecular complexity index is 676. The number of nitrogens with one attached hydrogen (secondary N) is 2. The molecule has 2 heterocycles. The van der Waals surface area contributed by atoms with Gasteiger partial charge in [0.1, 0.15) is 9.22 Å². The zero-order valence-electron chi connectivity index (χ0n) is 12.0. The molecular formula is C13H19N3O2S3. The normalized spacial score (nSPS) is 11.9. The van der Waals surface area contributed by atoms with E-state index in [0.29, 0.717) is 10.8 Å². The van der Waals surface area contributed by atoms with Gasteiger partial charge in [-0.2, -0.15) is 0 Å². The molecule has 2 aromatic heterocycles. The lowest BCUT2D eigenvalue weighted by Gasteiger charge is -2.02. The van der Waals surface area contributed by atoms with Crippen molar-refractivity contribution >= 4 is 32.7 Å². The third-order valence-electron chi connectivity index (χ3n) is 2.71. The SMILES string of the molecule is CCCNCc1ccc(S(=O)(=O)NCc2ncc(C)s2)s1. The first-order valence-electron chi connectivity index (χ1n) is 6.71. The van der Waals surface area contributed by atoms with Crippen LogP contribution in [-0.4, -0.2) is 19.9 Å². The van der Waals surface area contributed by atoms with Crippen LogP contribution in [0, 0.1) is 6.92 Å². The third kappa shape index (κ3) is 4.86. The van der Waals surface area contributed by atoms with Gasteiger partial charge in [0.2, 0.25) is 10.0 Å². The van der Waals surface area contributed by atoms with Crippen molar-refractivity contribution in [1.82, 2.24) is 15.0 Å². The van der Waals surface area contributed by atoms with Crippen molar-refractivity contribution in [3.8, 4) is 0 Å². The zero-order chi connectivity index (χ0) is 15.3. The molecule has 0 radical (unpaired) electrons. The van der Waals surface area contributed by atoms with Crippen molar-refractivity contribution in [1.29, 1.82) is 0 Å². The van der Waals surface area contributed by atoms with Crippen molar-refractivity contribution in [2.45, 2.75) is 37.6 Å². The van der Waals surface area contributed by atoms with E-state index in [1.54, 1.807) is 12.3 Å². The number of thiophene rings is 1. The number of nitrogens with zero attached hydrogens (tertiary/aromatic N) is 1. The monoisotopic (exact) mass is 345 g/mol. The van der Waals surface area contributed by atoms with Gasteiger partial charge in [-0.1, -0.05) is 6.92 Å². The van der Waals surface area contributed by atoms with Gasteiger partial charge in [-0.05, 0) is 32.0 Å². The summed E-state index contributed by atoms with van der Waals surface area (Å²) >= 11 is 2.80. The first-order valence-corrected chi connectivity index (χ1v) is 9.83. The Kier molecular flexibility index (Phi) is 5.88. The molecule has 2 aromatic rings. The second-order valence-electron chi connectivity index (χ2n) is 4.59. The molecule has 0 bridgehead atoms. The Morgan fingerprint density at radius 1 is 1.24 bits per heavy atom. The fourth-order valence-corrected chi connectivity index (χ4v) is 4.87. The van der Waals surface area contributed by atoms with Crippen LogP contribution in [0.1, 0.15) is 28.1 Å². The summed E-state index contributed by atoms with van der Waals surface area (Å²) in [7, 11) is -3.45. The number of hydrogen-bond donors (Lipinski definition) is 2. The molecule has 0 fully saturated rings. The number of aromatic nitrogens is 1. The van der Waals surface area contributed by atoms with E-state index in [1.165, 1.54) is 22.7 Å². The van der Waals surface area contributed by atoms with Gasteiger partial charge in [0.15, 0.2) is 0 Å². The van der Waals surface area contributed by atoms with Crippen molar-refractivity contribution in [3.05, 3.63) is 33.1 Å². The molecule has 0 aliphatic rings. The van der Waals surface area contributed by atoms with Gasteiger partial charge in [-0.15, -0.1) is 22.7 Å². The minimum absolute atomic E-state index is 0.238. The molecular weight excluding hydrogens is 326 g/mol. The van der Waals surface area contributed by atoms with E-state index in [9.17, 15) is 8.42 Å². The Morgan fingerprint density at radius 2 is 2.05 bits per heavy atom. The average molecular weight is 346 g/mol. The van der Waals surface area contributed by atoms with Crippen molar-refractivity contribution in [2.75, 3.05) is 6.54 Å². The molecule has 0 saturated heterocycles. The van der Waals surface area contributed by atoms with Gasteiger partial charge in [0, 0.05) is 22.5 Å². The fourth-order valence-electron chi connectivity index (χ4n) is 1.70. The van der Waals surface area contributed by atoms with Gasteiger partial charge in [0.25, 0.3) is 0 Å². The highest BCUT2D eigenvalue weighted by Crippen LogP contribution is 2.22. The Hall–Kier alpha value is -0.800. The molecule has 21 heavy (non-hydrogen) atoms. The van der Waals surface area contributed by atoms with E-state index in [1.807, 2.05) is 13.0 Å². The lowest BCUT2D eigenvalue weighted by molar-refractivity contribution is 0.583. The summed E-state index contributed by atoms with van der Waals surface area (Å²) in [5.74, 6) is 0. The second-order valence-corrected chi connectivity index (χ2v) is 9.07. The molecule has 0 unspecified atom stereocenters. The maximum Gasteiger partial charge on any atom is 0.250 e. The first kappa shape index (κ1) is 16.6. The molecule has 2 N–H and O–H groups in total. The standard InChI is InChI=1S/C13H19N3O2S3/c1-3-6-14-8-11-4-5-13(20-11)21(17,18)16-9-12-15-7-10(2)19-12/h4-5,7,14,16H,3,6,8-9H2,1-2H3. The molecule has 0 atom stereocenters. The molecule has 0 saturated carbocycles. The minimum Gasteiger partial charge on any atom is -0.312 e. The van der Waals surface area contributed by atoms with Crippen molar-refractivity contribution in [3.63, 3.8) is 0 Å². The number of rotatable bonds is 8. The largest absolute Gasteiger partial charge is 0.312 e. The van der Waals surface area contributed by atoms with E-state index < -0.39 is 10.0 Å². The summed E-state index contributed by atoms with van der Waals surface area (Å²) in [6.45, 7) is 5.93. The zero-order valence-corrected chi connectivity index (χ0v) is 14.5. The number of sulfonamides is 1. The Balaban J connectivity index is 1.95. The predicted molar refractivity (Wildman–Crippen MR) is 87.2 cm³/mol. The topological polar surface area (TPSA) is 71.1 Å². The lowest BCUT2D eigenvalue weighted by Crippen LogP contribution is -2.22. The fraction of sp³-hybridized carbons (Fsp3) is 0.462. The van der Waals surface area contributed by atoms with Gasteiger partial charge >= 0.3 is 0 Å². The van der Waals surface area contributed by atoms with E-state index in [0.717, 1.165) is 27.7 Å². The van der Waals surface area contributed by atoms with Crippen molar-refractivity contribution in [2.24, 2.45) is 0 Å². The summed E-state index contributed by atoms with van der Waals surface area (Å²) in [4.78, 5) is 6.25. The quantitative estimate of drug-likeness (QED) is 0.721. The summed E-state index contributed by atoms with van der Waals surface area (Å²) in [5, 5.41) is 4.04. The van der Waals surface area contributed by atoms with Crippen LogP contribution in [0.5, 0.6) is 0 Å². The Labute approximate surface area is 133 Å². The third-order valence-corrected chi connectivity index (χ3v) is 6.60. The van der Waals surface area contributed by atoms with Gasteiger partial charge in [-0.3, -0.25) is 0 Å². The van der Waals surface area contributed by atoms with E-state index in [-0.39, 0.29) is 6.54 Å². The maximum absolute atomic E-state index is 12.2. The lowest BCUT2D eigenvalue weighted by atomic mass is 10.4. The van der Waals surface area contributed by atoms with E-state index in [4.69, 9.17) is 0 Å². The summed E-state index contributed by atoms with van der Waals surface area (Å²) in [5.41, 5.74) is 0. The Morgan fingerprint density at radius 3 is 2.71 bits per heavy atom. The van der Waals surface area contributed by atoms with Crippen LogP contribution in [0.15, 0.2) is 22.5 Å². The van der Waals surface area contributed by atoms with E-state index >= 15 is 0 Å². The van der Waals surface area contributed by atoms with Crippen LogP contribution in [-0.2, 0) is 23.1 Å². The number of aryl methyl sites for hydroxylation is 1. The molecule has 2 rings (SSSR count). The van der Waals surface area contributed by atoms with Crippen molar-refractivity contribution < 1.29 is 8.42 Å². The van der Waals surface area contributed by atoms with Crippen LogP contribution in [0.25, 0.3) is 0 Å².